The van der Waals surface area contributed by atoms with Gasteiger partial charge in [-0.2, -0.15) is 11.3 Å². The summed E-state index contributed by atoms with van der Waals surface area (Å²) < 4.78 is 25.0. The molecule has 86 valence electrons. The molecule has 0 aliphatic rings. The molecule has 0 aliphatic carbocycles. The molecule has 1 unspecified atom stereocenters. The fourth-order valence-electron chi connectivity index (χ4n) is 1.16. The Morgan fingerprint density at radius 1 is 1.60 bits per heavy atom. The molecule has 1 rings (SSSR count). The number of rotatable bonds is 5. The van der Waals surface area contributed by atoms with Crippen molar-refractivity contribution in [1.82, 2.24) is 4.31 Å². The molecule has 1 atom stereocenters. The second kappa shape index (κ2) is 5.07. The Bertz CT molecular complexity index is 386. The van der Waals surface area contributed by atoms with Gasteiger partial charge in [0, 0.05) is 20.1 Å². The summed E-state index contributed by atoms with van der Waals surface area (Å²) >= 11 is 1.56. The molecule has 1 heterocycles. The van der Waals surface area contributed by atoms with Gasteiger partial charge in [-0.3, -0.25) is 0 Å². The van der Waals surface area contributed by atoms with Crippen LogP contribution in [0.2, 0.25) is 0 Å². The quantitative estimate of drug-likeness (QED) is 0.840. The van der Waals surface area contributed by atoms with Gasteiger partial charge in [-0.1, -0.05) is 0 Å². The highest BCUT2D eigenvalue weighted by molar-refractivity contribution is 7.89. The summed E-state index contributed by atoms with van der Waals surface area (Å²) in [6.07, 6.45) is 0. The van der Waals surface area contributed by atoms with E-state index in [1.54, 1.807) is 25.3 Å². The average Bonchev–Trinajstić information content (AvgIpc) is 2.68. The van der Waals surface area contributed by atoms with E-state index in [1.165, 1.54) is 4.31 Å². The van der Waals surface area contributed by atoms with Crippen LogP contribution >= 0.6 is 11.3 Å². The van der Waals surface area contributed by atoms with Crippen LogP contribution in [0.3, 0.4) is 0 Å². The lowest BCUT2D eigenvalue weighted by Crippen LogP contribution is -2.38. The normalized spacial score (nSPS) is 14.4. The van der Waals surface area contributed by atoms with Crippen LogP contribution in [0.25, 0.3) is 0 Å². The van der Waals surface area contributed by atoms with Crippen molar-refractivity contribution in [3.63, 3.8) is 0 Å². The summed E-state index contributed by atoms with van der Waals surface area (Å²) in [5.74, 6) is 0. The summed E-state index contributed by atoms with van der Waals surface area (Å²) in [6.45, 7) is 2.19. The molecular weight excluding hydrogens is 232 g/mol. The van der Waals surface area contributed by atoms with Crippen LogP contribution in [0.5, 0.6) is 0 Å². The number of hydrogen-bond acceptors (Lipinski definition) is 4. The van der Waals surface area contributed by atoms with E-state index in [2.05, 4.69) is 0 Å². The van der Waals surface area contributed by atoms with Gasteiger partial charge >= 0.3 is 0 Å². The maximum atomic E-state index is 11.8. The van der Waals surface area contributed by atoms with Crippen molar-refractivity contribution in [3.05, 3.63) is 22.4 Å². The molecule has 2 N–H and O–H groups in total. The third-order valence-electron chi connectivity index (χ3n) is 2.26. The predicted molar refractivity (Wildman–Crippen MR) is 63.2 cm³/mol. The molecule has 0 saturated heterocycles. The zero-order valence-corrected chi connectivity index (χ0v) is 10.5. The van der Waals surface area contributed by atoms with Crippen molar-refractivity contribution in [1.29, 1.82) is 0 Å². The van der Waals surface area contributed by atoms with E-state index in [1.807, 2.05) is 16.8 Å². The molecule has 1 aromatic rings. The maximum absolute atomic E-state index is 11.8. The molecule has 0 aromatic carbocycles. The molecule has 1 aromatic heterocycles. The Hall–Kier alpha value is -0.430. The minimum absolute atomic E-state index is 0.149. The number of nitrogens with two attached hydrogens (primary N) is 1. The lowest BCUT2D eigenvalue weighted by atomic mass is 10.3. The van der Waals surface area contributed by atoms with E-state index in [9.17, 15) is 8.42 Å². The van der Waals surface area contributed by atoms with Crippen LogP contribution in [0.4, 0.5) is 0 Å². The highest BCUT2D eigenvalue weighted by Gasteiger charge is 2.24. The van der Waals surface area contributed by atoms with Gasteiger partial charge in [-0.15, -0.1) is 0 Å². The van der Waals surface area contributed by atoms with Crippen molar-refractivity contribution >= 4 is 21.4 Å². The van der Waals surface area contributed by atoms with Crippen LogP contribution in [0.1, 0.15) is 12.5 Å². The molecule has 0 bridgehead atoms. The molecule has 0 aliphatic heterocycles. The van der Waals surface area contributed by atoms with E-state index < -0.39 is 15.3 Å². The van der Waals surface area contributed by atoms with E-state index in [0.29, 0.717) is 6.54 Å². The smallest absolute Gasteiger partial charge is 0.218 e. The molecule has 4 nitrogen and oxygen atoms in total. The van der Waals surface area contributed by atoms with E-state index in [-0.39, 0.29) is 6.54 Å². The number of hydrogen-bond donors (Lipinski definition) is 1. The van der Waals surface area contributed by atoms with Crippen LogP contribution in [-0.2, 0) is 16.6 Å². The Labute approximate surface area is 94.8 Å². The fraction of sp³-hybridized carbons (Fsp3) is 0.556. The Morgan fingerprint density at radius 2 is 2.27 bits per heavy atom. The summed E-state index contributed by atoms with van der Waals surface area (Å²) in [6, 6.07) is 1.92. The molecule has 0 fully saturated rings. The summed E-state index contributed by atoms with van der Waals surface area (Å²) in [5, 5.41) is 3.35. The summed E-state index contributed by atoms with van der Waals surface area (Å²) in [7, 11) is -1.67. The first-order valence-corrected chi connectivity index (χ1v) is 7.09. The zero-order valence-electron chi connectivity index (χ0n) is 8.88. The second-order valence-corrected chi connectivity index (χ2v) is 6.72. The first-order valence-electron chi connectivity index (χ1n) is 4.64. The third kappa shape index (κ3) is 3.01. The van der Waals surface area contributed by atoms with Gasteiger partial charge in [0.1, 0.15) is 0 Å². The van der Waals surface area contributed by atoms with Crippen molar-refractivity contribution in [2.45, 2.75) is 18.7 Å². The van der Waals surface area contributed by atoms with Crippen molar-refractivity contribution < 1.29 is 8.42 Å². The first kappa shape index (κ1) is 12.6. The topological polar surface area (TPSA) is 63.4 Å². The minimum atomic E-state index is -3.25. The Morgan fingerprint density at radius 3 is 2.73 bits per heavy atom. The van der Waals surface area contributed by atoms with Crippen LogP contribution in [0.15, 0.2) is 16.8 Å². The summed E-state index contributed by atoms with van der Waals surface area (Å²) in [4.78, 5) is 0. The van der Waals surface area contributed by atoms with Gasteiger partial charge in [-0.25, -0.2) is 12.7 Å². The Balaban J connectivity index is 2.72. The average molecular weight is 248 g/mol. The molecular formula is C9H16N2O2S2. The second-order valence-electron chi connectivity index (χ2n) is 3.48. The SMILES string of the molecule is CC(CN)S(=O)(=O)N(C)Cc1ccsc1. The molecule has 0 amide bonds. The van der Waals surface area contributed by atoms with Gasteiger partial charge in [0.15, 0.2) is 0 Å². The number of thiophene rings is 1. The maximum Gasteiger partial charge on any atom is 0.218 e. The predicted octanol–water partition coefficient (Wildman–Crippen LogP) is 0.857. The standard InChI is InChI=1S/C9H16N2O2S2/c1-8(5-10)15(12,13)11(2)6-9-3-4-14-7-9/h3-4,7-8H,5-6,10H2,1-2H3. The third-order valence-corrected chi connectivity index (χ3v) is 5.20. The zero-order chi connectivity index (χ0) is 11.5. The van der Waals surface area contributed by atoms with E-state index in [0.717, 1.165) is 5.56 Å². The minimum Gasteiger partial charge on any atom is -0.329 e. The van der Waals surface area contributed by atoms with E-state index >= 15 is 0 Å². The van der Waals surface area contributed by atoms with Crippen molar-refractivity contribution in [3.8, 4) is 0 Å². The lowest BCUT2D eigenvalue weighted by molar-refractivity contribution is 0.458. The van der Waals surface area contributed by atoms with Gasteiger partial charge in [0.2, 0.25) is 10.0 Å². The Kier molecular flexibility index (Phi) is 4.27. The van der Waals surface area contributed by atoms with Gasteiger partial charge in [0.05, 0.1) is 5.25 Å². The van der Waals surface area contributed by atoms with E-state index in [4.69, 9.17) is 5.73 Å². The van der Waals surface area contributed by atoms with Crippen molar-refractivity contribution in [2.24, 2.45) is 5.73 Å². The van der Waals surface area contributed by atoms with Gasteiger partial charge in [0.25, 0.3) is 0 Å². The summed E-state index contributed by atoms with van der Waals surface area (Å²) in [5.41, 5.74) is 6.38. The molecule has 0 radical (unpaired) electrons. The molecule has 6 heteroatoms. The first-order chi connectivity index (χ1) is 6.98. The molecule has 0 spiro atoms. The van der Waals surface area contributed by atoms with Gasteiger partial charge in [-0.05, 0) is 29.3 Å². The van der Waals surface area contributed by atoms with Crippen LogP contribution < -0.4 is 5.73 Å². The fourth-order valence-corrected chi connectivity index (χ4v) is 3.00. The van der Waals surface area contributed by atoms with Crippen LogP contribution in [0, 0.1) is 0 Å². The van der Waals surface area contributed by atoms with Crippen LogP contribution in [-0.4, -0.2) is 31.6 Å². The lowest BCUT2D eigenvalue weighted by Gasteiger charge is -2.20. The number of sulfonamides is 1. The largest absolute Gasteiger partial charge is 0.329 e. The highest BCUT2D eigenvalue weighted by atomic mass is 32.2. The van der Waals surface area contributed by atoms with Gasteiger partial charge < -0.3 is 5.73 Å². The van der Waals surface area contributed by atoms with Crippen molar-refractivity contribution in [2.75, 3.05) is 13.6 Å². The highest BCUT2D eigenvalue weighted by Crippen LogP contribution is 2.13. The molecule has 15 heavy (non-hydrogen) atoms. The molecule has 0 saturated carbocycles. The monoisotopic (exact) mass is 248 g/mol. The number of nitrogens with zero attached hydrogens (tertiary/aromatic N) is 1.